The number of hydrogen-bond donors (Lipinski definition) is 1. The molecule has 2 aromatic carbocycles. The van der Waals surface area contributed by atoms with Gasteiger partial charge in [-0.05, 0) is 76.3 Å². The Morgan fingerprint density at radius 3 is 2.04 bits per heavy atom. The Balaban J connectivity index is 1.17. The molecule has 248 valence electrons. The van der Waals surface area contributed by atoms with Gasteiger partial charge in [0.25, 0.3) is 11.1 Å². The summed E-state index contributed by atoms with van der Waals surface area (Å²) in [7, 11) is 0. The smallest absolute Gasteiger partial charge is 0.258 e. The molecule has 0 unspecified atom stereocenters. The molecular weight excluding hydrogens is 617 g/mol. The van der Waals surface area contributed by atoms with Crippen molar-refractivity contribution in [3.63, 3.8) is 0 Å². The second-order valence-corrected chi connectivity index (χ2v) is 16.7. The lowest BCUT2D eigenvalue weighted by Crippen LogP contribution is -2.44. The molecule has 8 heteroatoms. The van der Waals surface area contributed by atoms with E-state index in [0.717, 1.165) is 111 Å². The van der Waals surface area contributed by atoms with E-state index in [1.54, 1.807) is 0 Å². The second kappa shape index (κ2) is 11.3. The fraction of sp³-hybridized carbons (Fsp3) is 0.500. The van der Waals surface area contributed by atoms with Gasteiger partial charge in [0.05, 0.1) is 33.9 Å². The van der Waals surface area contributed by atoms with E-state index >= 15 is 4.79 Å². The minimum atomic E-state index is -0.327. The van der Waals surface area contributed by atoms with Crippen molar-refractivity contribution in [2.45, 2.75) is 124 Å². The van der Waals surface area contributed by atoms with Gasteiger partial charge in [-0.25, -0.2) is 9.97 Å². The summed E-state index contributed by atoms with van der Waals surface area (Å²) < 4.78 is 8.14. The van der Waals surface area contributed by atoms with Crippen LogP contribution in [0.1, 0.15) is 112 Å². The molecular formula is C40H44N4O3S. The average Bonchev–Trinajstić information content (AvgIpc) is 3.73. The number of nitrogens with zero attached hydrogens (tertiary/aromatic N) is 3. The van der Waals surface area contributed by atoms with E-state index in [4.69, 9.17) is 14.7 Å². The summed E-state index contributed by atoms with van der Waals surface area (Å²) in [6, 6.07) is 17.0. The van der Waals surface area contributed by atoms with E-state index < -0.39 is 0 Å². The van der Waals surface area contributed by atoms with E-state index in [2.05, 4.69) is 61.3 Å². The van der Waals surface area contributed by atoms with Crippen LogP contribution >= 0.6 is 11.8 Å². The minimum Gasteiger partial charge on any atom is -0.375 e. The molecule has 7 nitrogen and oxygen atoms in total. The van der Waals surface area contributed by atoms with E-state index in [0.29, 0.717) is 23.3 Å². The van der Waals surface area contributed by atoms with Crippen molar-refractivity contribution >= 4 is 11.8 Å². The van der Waals surface area contributed by atoms with Gasteiger partial charge < -0.3 is 9.72 Å². The van der Waals surface area contributed by atoms with Gasteiger partial charge in [0.15, 0.2) is 5.16 Å². The fourth-order valence-corrected chi connectivity index (χ4v) is 11.0. The number of aromatic nitrogens is 4. The molecule has 0 amide bonds. The number of ether oxygens (including phenoxy) is 1. The first kappa shape index (κ1) is 30.6. The molecule has 4 aromatic rings. The molecule has 9 rings (SSSR count). The van der Waals surface area contributed by atoms with E-state index in [-0.39, 0.29) is 33.6 Å². The average molecular weight is 661 g/mol. The molecule has 1 aliphatic heterocycles. The van der Waals surface area contributed by atoms with Crippen LogP contribution < -0.4 is 11.1 Å². The number of hydrogen-bond acceptors (Lipinski definition) is 6. The predicted octanol–water partition coefficient (Wildman–Crippen LogP) is 7.82. The minimum absolute atomic E-state index is 0.00826. The van der Waals surface area contributed by atoms with Crippen LogP contribution in [0.25, 0.3) is 22.5 Å². The Bertz CT molecular complexity index is 2050. The Hall–Kier alpha value is -3.49. The maximum atomic E-state index is 15.0. The predicted molar refractivity (Wildman–Crippen MR) is 190 cm³/mol. The van der Waals surface area contributed by atoms with E-state index in [1.807, 2.05) is 10.6 Å². The van der Waals surface area contributed by atoms with Crippen molar-refractivity contribution in [3.05, 3.63) is 97.3 Å². The molecule has 3 fully saturated rings. The van der Waals surface area contributed by atoms with Gasteiger partial charge in [-0.15, -0.1) is 0 Å². The number of thioether (sulfide) groups is 1. The Morgan fingerprint density at radius 1 is 0.833 bits per heavy atom. The molecule has 2 saturated carbocycles. The topological polar surface area (TPSA) is 89.9 Å². The third-order valence-corrected chi connectivity index (χ3v) is 13.2. The number of fused-ring (bicyclic) bond motifs is 8. The third-order valence-electron chi connectivity index (χ3n) is 12.2. The number of rotatable bonds is 4. The Kier molecular flexibility index (Phi) is 7.18. The summed E-state index contributed by atoms with van der Waals surface area (Å²) in [5, 5.41) is 0.708. The molecule has 4 aliphatic carbocycles. The first-order valence-corrected chi connectivity index (χ1v) is 19.0. The maximum absolute atomic E-state index is 15.0. The fourth-order valence-electron chi connectivity index (χ4n) is 10.1. The highest BCUT2D eigenvalue weighted by atomic mass is 32.2. The Morgan fingerprint density at radius 2 is 1.42 bits per heavy atom. The molecule has 1 N–H and O–H groups in total. The van der Waals surface area contributed by atoms with Crippen molar-refractivity contribution in [2.75, 3.05) is 6.61 Å². The molecule has 0 radical (unpaired) electrons. The monoisotopic (exact) mass is 660 g/mol. The van der Waals surface area contributed by atoms with Crippen LogP contribution in [-0.4, -0.2) is 31.7 Å². The largest absolute Gasteiger partial charge is 0.375 e. The van der Waals surface area contributed by atoms with E-state index in [1.165, 1.54) is 22.9 Å². The molecule has 0 bridgehead atoms. The summed E-state index contributed by atoms with van der Waals surface area (Å²) in [6.07, 6.45) is 12.0. The van der Waals surface area contributed by atoms with Crippen molar-refractivity contribution in [1.82, 2.24) is 19.5 Å². The van der Waals surface area contributed by atoms with Gasteiger partial charge in [-0.1, -0.05) is 86.0 Å². The lowest BCUT2D eigenvalue weighted by Gasteiger charge is -2.40. The zero-order chi connectivity index (χ0) is 32.7. The summed E-state index contributed by atoms with van der Waals surface area (Å²) in [4.78, 5) is 42.9. The van der Waals surface area contributed by atoms with Crippen LogP contribution in [0, 0.1) is 0 Å². The summed E-state index contributed by atoms with van der Waals surface area (Å²) >= 11 is 1.53. The van der Waals surface area contributed by atoms with Gasteiger partial charge in [-0.3, -0.25) is 14.2 Å². The third kappa shape index (κ3) is 4.80. The van der Waals surface area contributed by atoms with Crippen molar-refractivity contribution < 1.29 is 4.74 Å². The summed E-state index contributed by atoms with van der Waals surface area (Å²) in [5.74, 6) is 1.05. The lowest BCUT2D eigenvalue weighted by atomic mass is 9.68. The molecule has 48 heavy (non-hydrogen) atoms. The van der Waals surface area contributed by atoms with Crippen LogP contribution in [0.5, 0.6) is 0 Å². The Labute approximate surface area is 286 Å². The molecule has 1 atom stereocenters. The maximum Gasteiger partial charge on any atom is 0.258 e. The van der Waals surface area contributed by atoms with Gasteiger partial charge in [0.1, 0.15) is 5.82 Å². The first-order chi connectivity index (χ1) is 23.3. The molecule has 2 aromatic heterocycles. The van der Waals surface area contributed by atoms with Gasteiger partial charge in [0.2, 0.25) is 0 Å². The molecule has 3 heterocycles. The van der Waals surface area contributed by atoms with Crippen molar-refractivity contribution in [3.8, 4) is 22.5 Å². The molecule has 2 spiro atoms. The van der Waals surface area contributed by atoms with Crippen LogP contribution in [0.3, 0.4) is 0 Å². The van der Waals surface area contributed by atoms with Crippen molar-refractivity contribution in [2.24, 2.45) is 0 Å². The van der Waals surface area contributed by atoms with Crippen LogP contribution in [0.4, 0.5) is 0 Å². The lowest BCUT2D eigenvalue weighted by molar-refractivity contribution is -0.0710. The first-order valence-electron chi connectivity index (χ1n) is 18.0. The second-order valence-electron chi connectivity index (χ2n) is 15.7. The number of aromatic amines is 1. The zero-order valence-electron chi connectivity index (χ0n) is 28.1. The highest BCUT2D eigenvalue weighted by molar-refractivity contribution is 7.98. The van der Waals surface area contributed by atoms with Gasteiger partial charge in [0, 0.05) is 34.6 Å². The standard InChI is InChI=1S/C40H44N4O3S/c1-38(2)23-27(15-20-47-38)44-36(46)32-34(29-14-6-4-12-26(29)22-40(32)18-9-10-19-40)43-37(44)48-24-30-41-33-28-13-5-3-11-25(28)21-39(16-7-8-17-39)31(33)35(45)42-30/h3-6,11-14,27H,7-10,15-24H2,1-2H3,(H,41,42,45)/t27-/m1/s1. The van der Waals surface area contributed by atoms with E-state index in [9.17, 15) is 4.79 Å². The van der Waals surface area contributed by atoms with Gasteiger partial charge in [-0.2, -0.15) is 0 Å². The van der Waals surface area contributed by atoms with Gasteiger partial charge >= 0.3 is 0 Å². The number of H-pyrrole nitrogens is 1. The quantitative estimate of drug-likeness (QED) is 0.177. The summed E-state index contributed by atoms with van der Waals surface area (Å²) in [5.41, 5.74) is 7.74. The highest BCUT2D eigenvalue weighted by Gasteiger charge is 2.46. The van der Waals surface area contributed by atoms with Crippen LogP contribution in [0.15, 0.2) is 63.3 Å². The normalized spacial score (nSPS) is 22.7. The number of benzene rings is 2. The summed E-state index contributed by atoms with van der Waals surface area (Å²) in [6.45, 7) is 4.85. The number of nitrogens with one attached hydrogen (secondary N) is 1. The molecule has 5 aliphatic rings. The SMILES string of the molecule is CC1(C)C[C@H](n2c(SCc3nc4c(c(=O)[nH]3)C3(CCCC3)Cc3ccccc3-4)nc3c(c2=O)C2(CCCC2)Cc2ccccc2-3)CCO1. The van der Waals surface area contributed by atoms with Crippen molar-refractivity contribution in [1.29, 1.82) is 0 Å². The zero-order valence-corrected chi connectivity index (χ0v) is 28.9. The van der Waals surface area contributed by atoms with Crippen LogP contribution in [-0.2, 0) is 34.2 Å². The highest BCUT2D eigenvalue weighted by Crippen LogP contribution is 2.51. The van der Waals surface area contributed by atoms with Crippen LogP contribution in [0.2, 0.25) is 0 Å². The molecule has 1 saturated heterocycles.